The van der Waals surface area contributed by atoms with E-state index in [1.807, 2.05) is 6.07 Å². The number of hydrogen-bond donors (Lipinski definition) is 2. The lowest BCUT2D eigenvalue weighted by Gasteiger charge is -2.31. The fourth-order valence-corrected chi connectivity index (χ4v) is 2.92. The minimum absolute atomic E-state index is 0.570. The van der Waals surface area contributed by atoms with E-state index < -0.39 is 0 Å². The van der Waals surface area contributed by atoms with Crippen LogP contribution in [0.15, 0.2) is 18.2 Å². The summed E-state index contributed by atoms with van der Waals surface area (Å²) < 4.78 is 0. The smallest absolute Gasteiger partial charge is 0.0372 e. The zero-order valence-electron chi connectivity index (χ0n) is 16.6. The van der Waals surface area contributed by atoms with E-state index in [0.29, 0.717) is 12.1 Å². The predicted octanol–water partition coefficient (Wildman–Crippen LogP) is 5.13. The molecule has 1 aromatic carbocycles. The maximum Gasteiger partial charge on any atom is 0.0372 e. The van der Waals surface area contributed by atoms with Crippen molar-refractivity contribution < 1.29 is 0 Å². The zero-order chi connectivity index (χ0) is 17.9. The zero-order valence-corrected chi connectivity index (χ0v) is 16.6. The van der Waals surface area contributed by atoms with Crippen molar-refractivity contribution in [1.82, 2.24) is 5.32 Å². The first-order valence-electron chi connectivity index (χ1n) is 9.85. The van der Waals surface area contributed by atoms with Gasteiger partial charge in [-0.05, 0) is 76.8 Å². The normalized spacial score (nSPS) is 13.7. The molecule has 0 heterocycles. The molecule has 1 aromatic rings. The lowest BCUT2D eigenvalue weighted by atomic mass is 10.1. The Labute approximate surface area is 150 Å². The monoisotopic (exact) mass is 333 g/mol. The van der Waals surface area contributed by atoms with Crippen molar-refractivity contribution >= 4 is 11.4 Å². The Hall–Kier alpha value is -1.22. The van der Waals surface area contributed by atoms with Gasteiger partial charge in [-0.1, -0.05) is 26.7 Å². The minimum atomic E-state index is 0.570. The van der Waals surface area contributed by atoms with Gasteiger partial charge in [0.15, 0.2) is 0 Å². The molecule has 3 heteroatoms. The highest BCUT2D eigenvalue weighted by molar-refractivity contribution is 5.58. The van der Waals surface area contributed by atoms with E-state index in [1.165, 1.54) is 49.8 Å². The maximum atomic E-state index is 5.97. The predicted molar refractivity (Wildman–Crippen MR) is 109 cm³/mol. The van der Waals surface area contributed by atoms with Crippen LogP contribution < -0.4 is 16.0 Å². The standard InChI is InChI=1S/C21H39N3/c1-6-18(4)23-14-10-8-9-11-15-24(19(5)7-2)20-12-13-21(22)17(3)16-20/h12-13,16,18-19,23H,6-11,14-15,22H2,1-5H3. The molecule has 0 saturated carbocycles. The summed E-state index contributed by atoms with van der Waals surface area (Å²) in [5, 5.41) is 3.57. The maximum absolute atomic E-state index is 5.97. The van der Waals surface area contributed by atoms with Crippen molar-refractivity contribution in [2.75, 3.05) is 23.7 Å². The average Bonchev–Trinajstić information content (AvgIpc) is 2.59. The molecule has 3 N–H and O–H groups in total. The number of nitrogen functional groups attached to an aromatic ring is 1. The lowest BCUT2D eigenvalue weighted by Crippen LogP contribution is -2.33. The molecule has 0 saturated heterocycles. The first-order valence-corrected chi connectivity index (χ1v) is 9.85. The summed E-state index contributed by atoms with van der Waals surface area (Å²) in [7, 11) is 0. The van der Waals surface area contributed by atoms with Crippen LogP contribution in [0.3, 0.4) is 0 Å². The first kappa shape index (κ1) is 20.8. The number of anilines is 2. The van der Waals surface area contributed by atoms with Crippen LogP contribution in [0.4, 0.5) is 11.4 Å². The molecule has 0 radical (unpaired) electrons. The number of benzene rings is 1. The number of rotatable bonds is 12. The quantitative estimate of drug-likeness (QED) is 0.411. The van der Waals surface area contributed by atoms with E-state index in [1.54, 1.807) is 0 Å². The topological polar surface area (TPSA) is 41.3 Å². The highest BCUT2D eigenvalue weighted by Gasteiger charge is 2.13. The van der Waals surface area contributed by atoms with Gasteiger partial charge < -0.3 is 16.0 Å². The van der Waals surface area contributed by atoms with E-state index in [9.17, 15) is 0 Å². The molecular weight excluding hydrogens is 294 g/mol. The van der Waals surface area contributed by atoms with Crippen molar-refractivity contribution in [2.24, 2.45) is 0 Å². The van der Waals surface area contributed by atoms with Crippen molar-refractivity contribution in [1.29, 1.82) is 0 Å². The van der Waals surface area contributed by atoms with Gasteiger partial charge in [-0.25, -0.2) is 0 Å². The molecule has 138 valence electrons. The first-order chi connectivity index (χ1) is 11.5. The molecule has 0 aliphatic carbocycles. The molecule has 2 atom stereocenters. The van der Waals surface area contributed by atoms with E-state index in [4.69, 9.17) is 5.73 Å². The van der Waals surface area contributed by atoms with Crippen LogP contribution in [0.2, 0.25) is 0 Å². The Bertz CT molecular complexity index is 458. The fraction of sp³-hybridized carbons (Fsp3) is 0.714. The largest absolute Gasteiger partial charge is 0.399 e. The van der Waals surface area contributed by atoms with Crippen LogP contribution in [0.1, 0.15) is 71.8 Å². The molecule has 0 aliphatic heterocycles. The third-order valence-corrected chi connectivity index (χ3v) is 5.14. The minimum Gasteiger partial charge on any atom is -0.399 e. The van der Waals surface area contributed by atoms with Gasteiger partial charge in [0.1, 0.15) is 0 Å². The van der Waals surface area contributed by atoms with Crippen LogP contribution >= 0.6 is 0 Å². The molecule has 0 aliphatic rings. The molecule has 0 aromatic heterocycles. The Morgan fingerprint density at radius 2 is 1.75 bits per heavy atom. The summed E-state index contributed by atoms with van der Waals surface area (Å²) in [6.45, 7) is 13.5. The van der Waals surface area contributed by atoms with Crippen LogP contribution in [0, 0.1) is 6.92 Å². The van der Waals surface area contributed by atoms with Gasteiger partial charge in [0.05, 0.1) is 0 Å². The summed E-state index contributed by atoms with van der Waals surface area (Å²) in [6.07, 6.45) is 7.56. The van der Waals surface area contributed by atoms with Crippen LogP contribution in [-0.2, 0) is 0 Å². The number of aryl methyl sites for hydroxylation is 1. The van der Waals surface area contributed by atoms with Crippen molar-refractivity contribution in [3.63, 3.8) is 0 Å². The fourth-order valence-electron chi connectivity index (χ4n) is 2.92. The summed E-state index contributed by atoms with van der Waals surface area (Å²) in [4.78, 5) is 2.55. The SMILES string of the molecule is CCC(C)NCCCCCCN(c1ccc(N)c(C)c1)C(C)CC. The summed E-state index contributed by atoms with van der Waals surface area (Å²) in [6, 6.07) is 7.67. The number of unbranched alkanes of at least 4 members (excludes halogenated alkanes) is 3. The number of nitrogens with zero attached hydrogens (tertiary/aromatic N) is 1. The number of nitrogens with two attached hydrogens (primary N) is 1. The highest BCUT2D eigenvalue weighted by Crippen LogP contribution is 2.24. The van der Waals surface area contributed by atoms with Crippen molar-refractivity contribution in [3.8, 4) is 0 Å². The third kappa shape index (κ3) is 7.12. The molecule has 0 spiro atoms. The number of nitrogens with one attached hydrogen (secondary N) is 1. The Balaban J connectivity index is 2.40. The van der Waals surface area contributed by atoms with Crippen LogP contribution in [0.5, 0.6) is 0 Å². The summed E-state index contributed by atoms with van der Waals surface area (Å²) in [5.74, 6) is 0. The third-order valence-electron chi connectivity index (χ3n) is 5.14. The second kappa shape index (κ2) is 11.4. The lowest BCUT2D eigenvalue weighted by molar-refractivity contribution is 0.503. The van der Waals surface area contributed by atoms with Gasteiger partial charge in [-0.15, -0.1) is 0 Å². The van der Waals surface area contributed by atoms with Crippen molar-refractivity contribution in [3.05, 3.63) is 23.8 Å². The van der Waals surface area contributed by atoms with Gasteiger partial charge in [0, 0.05) is 30.0 Å². The van der Waals surface area contributed by atoms with E-state index in [0.717, 1.165) is 18.8 Å². The van der Waals surface area contributed by atoms with Gasteiger partial charge in [-0.2, -0.15) is 0 Å². The molecule has 3 nitrogen and oxygen atoms in total. The van der Waals surface area contributed by atoms with Crippen molar-refractivity contribution in [2.45, 2.75) is 85.2 Å². The van der Waals surface area contributed by atoms with Gasteiger partial charge >= 0.3 is 0 Å². The molecule has 0 fully saturated rings. The van der Waals surface area contributed by atoms with E-state index in [2.05, 4.69) is 57.0 Å². The Morgan fingerprint density at radius 1 is 1.04 bits per heavy atom. The van der Waals surface area contributed by atoms with Gasteiger partial charge in [-0.3, -0.25) is 0 Å². The molecular formula is C21H39N3. The molecule has 24 heavy (non-hydrogen) atoms. The Kier molecular flexibility index (Phi) is 9.85. The van der Waals surface area contributed by atoms with E-state index >= 15 is 0 Å². The van der Waals surface area contributed by atoms with E-state index in [-0.39, 0.29) is 0 Å². The number of hydrogen-bond acceptors (Lipinski definition) is 3. The van der Waals surface area contributed by atoms with Gasteiger partial charge in [0.2, 0.25) is 0 Å². The molecule has 2 unspecified atom stereocenters. The average molecular weight is 334 g/mol. The van der Waals surface area contributed by atoms with Gasteiger partial charge in [0.25, 0.3) is 0 Å². The molecule has 0 bridgehead atoms. The Morgan fingerprint density at radius 3 is 2.38 bits per heavy atom. The molecule has 1 rings (SSSR count). The highest BCUT2D eigenvalue weighted by atomic mass is 15.2. The molecule has 0 amide bonds. The second-order valence-corrected chi connectivity index (χ2v) is 7.17. The summed E-state index contributed by atoms with van der Waals surface area (Å²) >= 11 is 0. The van der Waals surface area contributed by atoms with Crippen LogP contribution in [-0.4, -0.2) is 25.2 Å². The summed E-state index contributed by atoms with van der Waals surface area (Å²) in [5.41, 5.74) is 9.35. The van der Waals surface area contributed by atoms with Crippen LogP contribution in [0.25, 0.3) is 0 Å². The second-order valence-electron chi connectivity index (χ2n) is 7.17.